The van der Waals surface area contributed by atoms with Gasteiger partial charge in [-0.2, -0.15) is 0 Å². The third kappa shape index (κ3) is 2.41. The maximum absolute atomic E-state index is 12.7. The number of amides is 1. The van der Waals surface area contributed by atoms with Crippen molar-refractivity contribution in [3.8, 4) is 0 Å². The Morgan fingerprint density at radius 1 is 1.39 bits per heavy atom. The molecule has 0 spiro atoms. The van der Waals surface area contributed by atoms with Gasteiger partial charge in [-0.1, -0.05) is 18.2 Å². The third-order valence-electron chi connectivity index (χ3n) is 3.51. The second-order valence-corrected chi connectivity index (χ2v) is 5.66. The summed E-state index contributed by atoms with van der Waals surface area (Å²) < 4.78 is 5.65. The Hall–Kier alpha value is -1.35. The minimum absolute atomic E-state index is 0.103. The lowest BCUT2D eigenvalue weighted by Crippen LogP contribution is -2.57. The van der Waals surface area contributed by atoms with Crippen LogP contribution in [0.5, 0.6) is 0 Å². The van der Waals surface area contributed by atoms with Gasteiger partial charge in [0.2, 0.25) is 0 Å². The fraction of sp³-hybridized carbons (Fsp3) is 0.533. The van der Waals surface area contributed by atoms with Crippen LogP contribution in [0, 0.1) is 6.92 Å². The van der Waals surface area contributed by atoms with Crippen molar-refractivity contribution in [2.24, 2.45) is 0 Å². The van der Waals surface area contributed by atoms with Gasteiger partial charge in [-0.05, 0) is 39.3 Å². The molecule has 98 valence electrons. The molecule has 0 N–H and O–H groups in total. The van der Waals surface area contributed by atoms with Crippen LogP contribution in [0.1, 0.15) is 36.7 Å². The van der Waals surface area contributed by atoms with E-state index in [1.54, 1.807) is 0 Å². The van der Waals surface area contributed by atoms with E-state index >= 15 is 0 Å². The summed E-state index contributed by atoms with van der Waals surface area (Å²) in [6.45, 7) is 9.33. The summed E-state index contributed by atoms with van der Waals surface area (Å²) in [5, 5.41) is 0. The number of hydrogen-bond acceptors (Lipinski definition) is 2. The van der Waals surface area contributed by atoms with Crippen molar-refractivity contribution in [1.82, 2.24) is 4.90 Å². The van der Waals surface area contributed by atoms with Gasteiger partial charge in [-0.3, -0.25) is 4.79 Å². The zero-order valence-corrected chi connectivity index (χ0v) is 11.6. The highest BCUT2D eigenvalue weighted by Gasteiger charge is 2.37. The smallest absolute Gasteiger partial charge is 0.254 e. The fourth-order valence-electron chi connectivity index (χ4n) is 2.30. The maximum atomic E-state index is 12.7. The first-order valence-electron chi connectivity index (χ1n) is 6.41. The summed E-state index contributed by atoms with van der Waals surface area (Å²) in [5.41, 5.74) is 1.57. The van der Waals surface area contributed by atoms with E-state index in [9.17, 15) is 4.79 Å². The van der Waals surface area contributed by atoms with E-state index in [-0.39, 0.29) is 17.6 Å². The molecule has 0 radical (unpaired) electrons. The molecule has 0 saturated carbocycles. The number of carbonyl (C=O) groups excluding carboxylic acids is 1. The molecule has 1 heterocycles. The van der Waals surface area contributed by atoms with Crippen molar-refractivity contribution in [3.05, 3.63) is 35.4 Å². The second-order valence-electron chi connectivity index (χ2n) is 5.66. The Balaban J connectivity index is 2.30. The van der Waals surface area contributed by atoms with E-state index in [1.807, 2.05) is 43.0 Å². The Bertz CT molecular complexity index is 454. The first kappa shape index (κ1) is 13.1. The molecule has 1 aliphatic heterocycles. The molecule has 0 aromatic heterocycles. The van der Waals surface area contributed by atoms with E-state index in [0.29, 0.717) is 13.2 Å². The van der Waals surface area contributed by atoms with Gasteiger partial charge >= 0.3 is 0 Å². The SMILES string of the molecule is Cc1ccccc1C(=O)N1C[C@H](C)OCC1(C)C. The van der Waals surface area contributed by atoms with E-state index in [0.717, 1.165) is 11.1 Å². The summed E-state index contributed by atoms with van der Waals surface area (Å²) >= 11 is 0. The Labute approximate surface area is 109 Å². The number of nitrogens with zero attached hydrogens (tertiary/aromatic N) is 1. The van der Waals surface area contributed by atoms with Crippen LogP contribution >= 0.6 is 0 Å². The first-order valence-corrected chi connectivity index (χ1v) is 6.41. The minimum Gasteiger partial charge on any atom is -0.374 e. The van der Waals surface area contributed by atoms with Crippen molar-refractivity contribution in [2.75, 3.05) is 13.2 Å². The van der Waals surface area contributed by atoms with E-state index in [4.69, 9.17) is 4.74 Å². The van der Waals surface area contributed by atoms with Gasteiger partial charge in [0.05, 0.1) is 18.2 Å². The summed E-state index contributed by atoms with van der Waals surface area (Å²) in [6, 6.07) is 7.74. The van der Waals surface area contributed by atoms with E-state index < -0.39 is 0 Å². The lowest BCUT2D eigenvalue weighted by atomic mass is 9.98. The van der Waals surface area contributed by atoms with Gasteiger partial charge in [0, 0.05) is 12.1 Å². The van der Waals surface area contributed by atoms with Crippen molar-refractivity contribution in [2.45, 2.75) is 39.3 Å². The van der Waals surface area contributed by atoms with Gasteiger partial charge in [0.1, 0.15) is 0 Å². The highest BCUT2D eigenvalue weighted by atomic mass is 16.5. The lowest BCUT2D eigenvalue weighted by Gasteiger charge is -2.44. The van der Waals surface area contributed by atoms with Gasteiger partial charge in [0.15, 0.2) is 0 Å². The minimum atomic E-state index is -0.244. The average molecular weight is 247 g/mol. The molecule has 1 aromatic rings. The van der Waals surface area contributed by atoms with E-state index in [1.165, 1.54) is 0 Å². The van der Waals surface area contributed by atoms with Gasteiger partial charge in [-0.15, -0.1) is 0 Å². The normalized spacial score (nSPS) is 22.9. The van der Waals surface area contributed by atoms with Crippen LogP contribution in [-0.2, 0) is 4.74 Å². The molecule has 1 amide bonds. The van der Waals surface area contributed by atoms with Crippen LogP contribution in [0.25, 0.3) is 0 Å². The highest BCUT2D eigenvalue weighted by molar-refractivity contribution is 5.96. The van der Waals surface area contributed by atoms with Crippen molar-refractivity contribution in [1.29, 1.82) is 0 Å². The van der Waals surface area contributed by atoms with Crippen molar-refractivity contribution in [3.63, 3.8) is 0 Å². The molecule has 3 heteroatoms. The number of hydrogen-bond donors (Lipinski definition) is 0. The third-order valence-corrected chi connectivity index (χ3v) is 3.51. The summed E-state index contributed by atoms with van der Waals surface area (Å²) in [4.78, 5) is 14.6. The molecular weight excluding hydrogens is 226 g/mol. The van der Waals surface area contributed by atoms with Crippen LogP contribution in [0.3, 0.4) is 0 Å². The number of rotatable bonds is 1. The maximum Gasteiger partial charge on any atom is 0.254 e. The standard InChI is InChI=1S/C15H21NO2/c1-11-7-5-6-8-13(11)14(17)16-9-12(2)18-10-15(16,3)4/h5-8,12H,9-10H2,1-4H3/t12-/m0/s1. The summed E-state index contributed by atoms with van der Waals surface area (Å²) in [7, 11) is 0. The molecule has 3 nitrogen and oxygen atoms in total. The lowest BCUT2D eigenvalue weighted by molar-refractivity contribution is -0.0756. The molecule has 1 atom stereocenters. The predicted octanol–water partition coefficient (Wildman–Crippen LogP) is 2.63. The first-order chi connectivity index (χ1) is 8.42. The number of carbonyl (C=O) groups is 1. The molecule has 2 rings (SSSR count). The fourth-order valence-corrected chi connectivity index (χ4v) is 2.30. The van der Waals surface area contributed by atoms with Crippen LogP contribution in [0.15, 0.2) is 24.3 Å². The predicted molar refractivity (Wildman–Crippen MR) is 71.7 cm³/mol. The number of ether oxygens (including phenoxy) is 1. The van der Waals surface area contributed by atoms with Gasteiger partial charge in [-0.25, -0.2) is 0 Å². The molecule has 1 aliphatic rings. The molecule has 18 heavy (non-hydrogen) atoms. The highest BCUT2D eigenvalue weighted by Crippen LogP contribution is 2.25. The largest absolute Gasteiger partial charge is 0.374 e. The quantitative estimate of drug-likeness (QED) is 0.763. The summed E-state index contributed by atoms with van der Waals surface area (Å²) in [5.74, 6) is 0.105. The molecule has 0 bridgehead atoms. The van der Waals surface area contributed by atoms with Gasteiger partial charge in [0.25, 0.3) is 5.91 Å². The summed E-state index contributed by atoms with van der Waals surface area (Å²) in [6.07, 6.45) is 0.103. The molecule has 1 aromatic carbocycles. The van der Waals surface area contributed by atoms with Gasteiger partial charge < -0.3 is 9.64 Å². The molecule has 0 aliphatic carbocycles. The zero-order valence-electron chi connectivity index (χ0n) is 11.6. The monoisotopic (exact) mass is 247 g/mol. The van der Waals surface area contributed by atoms with E-state index in [2.05, 4.69) is 13.8 Å². The zero-order chi connectivity index (χ0) is 13.3. The van der Waals surface area contributed by atoms with Crippen LogP contribution in [-0.4, -0.2) is 35.6 Å². The number of aryl methyl sites for hydroxylation is 1. The Morgan fingerprint density at radius 2 is 2.06 bits per heavy atom. The molecular formula is C15H21NO2. The van der Waals surface area contributed by atoms with Crippen LogP contribution in [0.4, 0.5) is 0 Å². The molecule has 1 fully saturated rings. The number of benzene rings is 1. The molecule has 0 unspecified atom stereocenters. The Morgan fingerprint density at radius 3 is 2.72 bits per heavy atom. The Kier molecular flexibility index (Phi) is 3.44. The van der Waals surface area contributed by atoms with Crippen LogP contribution in [0.2, 0.25) is 0 Å². The average Bonchev–Trinajstić information content (AvgIpc) is 2.32. The topological polar surface area (TPSA) is 29.5 Å². The number of morpholine rings is 1. The second kappa shape index (κ2) is 4.73. The van der Waals surface area contributed by atoms with Crippen molar-refractivity contribution >= 4 is 5.91 Å². The van der Waals surface area contributed by atoms with Crippen molar-refractivity contribution < 1.29 is 9.53 Å². The molecule has 1 saturated heterocycles. The van der Waals surface area contributed by atoms with Crippen LogP contribution < -0.4 is 0 Å².